The first-order valence-electron chi connectivity index (χ1n) is 3.40. The molecule has 2 aromatic rings. The van der Waals surface area contributed by atoms with Gasteiger partial charge in [0.05, 0.1) is 10.3 Å². The zero-order chi connectivity index (χ0) is 10.8. The van der Waals surface area contributed by atoms with Crippen molar-refractivity contribution < 1.29 is 9.72 Å². The molecule has 0 saturated heterocycles. The average Bonchev–Trinajstić information content (AvgIpc) is 2.88. The lowest BCUT2D eigenvalue weighted by molar-refractivity contribution is -0.396. The summed E-state index contributed by atoms with van der Waals surface area (Å²) in [6.07, 6.45) is 0.966. The van der Waals surface area contributed by atoms with Crippen LogP contribution in [0.1, 0.15) is 0 Å². The summed E-state index contributed by atoms with van der Waals surface area (Å²) in [5.74, 6) is -0.810. The Hall–Kier alpha value is -2.79. The first-order chi connectivity index (χ1) is 7.20. The molecule has 2 aromatic heterocycles. The third-order valence-corrected chi connectivity index (χ3v) is 1.34. The van der Waals surface area contributed by atoms with Crippen LogP contribution in [0.5, 0.6) is 0 Å². The van der Waals surface area contributed by atoms with Crippen molar-refractivity contribution in [2.45, 2.75) is 0 Å². The SMILES string of the molecule is O=C(n1cnnn1)n1nnnc1[N+](=O)[O-]. The standard InChI is InChI=1S/C3HN9O3/c13-3(10-1-4-6-8-10)11-2(12(14)15)5-7-9-11/h1H. The highest BCUT2D eigenvalue weighted by molar-refractivity contribution is 5.78. The van der Waals surface area contributed by atoms with Crippen LogP contribution in [0.3, 0.4) is 0 Å². The summed E-state index contributed by atoms with van der Waals surface area (Å²) in [5.41, 5.74) is 0. The molecule has 0 fully saturated rings. The van der Waals surface area contributed by atoms with Crippen LogP contribution in [0.25, 0.3) is 0 Å². The van der Waals surface area contributed by atoms with Crippen LogP contribution in [-0.4, -0.2) is 51.4 Å². The summed E-state index contributed by atoms with van der Waals surface area (Å²) in [6, 6.07) is -0.948. The van der Waals surface area contributed by atoms with Gasteiger partial charge < -0.3 is 10.1 Å². The highest BCUT2D eigenvalue weighted by Gasteiger charge is 2.26. The Bertz CT molecular complexity index is 498. The molecule has 0 aliphatic carbocycles. The topological polar surface area (TPSA) is 147 Å². The van der Waals surface area contributed by atoms with Crippen molar-refractivity contribution in [2.24, 2.45) is 0 Å². The lowest BCUT2D eigenvalue weighted by Gasteiger charge is -1.93. The third-order valence-electron chi connectivity index (χ3n) is 1.34. The molecule has 0 aromatic carbocycles. The molecule has 0 aliphatic rings. The fourth-order valence-corrected chi connectivity index (χ4v) is 0.766. The molecule has 76 valence electrons. The minimum Gasteiger partial charge on any atom is -0.390 e. The Kier molecular flexibility index (Phi) is 1.86. The van der Waals surface area contributed by atoms with E-state index in [-0.39, 0.29) is 0 Å². The van der Waals surface area contributed by atoms with Crippen LogP contribution in [0.15, 0.2) is 6.33 Å². The van der Waals surface area contributed by atoms with Gasteiger partial charge >= 0.3 is 12.0 Å². The van der Waals surface area contributed by atoms with Crippen LogP contribution in [-0.2, 0) is 0 Å². The number of hydrogen-bond acceptors (Lipinski definition) is 9. The third kappa shape index (κ3) is 1.38. The number of carbonyl (C=O) groups is 1. The molecule has 2 rings (SSSR count). The minimum atomic E-state index is -0.948. The highest BCUT2D eigenvalue weighted by atomic mass is 16.6. The number of carbonyl (C=O) groups excluding carboxylic acids is 1. The van der Waals surface area contributed by atoms with Crippen molar-refractivity contribution in [3.63, 3.8) is 0 Å². The van der Waals surface area contributed by atoms with E-state index in [1.54, 1.807) is 0 Å². The van der Waals surface area contributed by atoms with Gasteiger partial charge in [-0.05, 0) is 20.0 Å². The Morgan fingerprint density at radius 3 is 2.80 bits per heavy atom. The van der Waals surface area contributed by atoms with E-state index in [1.807, 2.05) is 0 Å². The Morgan fingerprint density at radius 1 is 1.40 bits per heavy atom. The summed E-state index contributed by atoms with van der Waals surface area (Å²) in [4.78, 5) is 20.9. The molecule has 12 nitrogen and oxygen atoms in total. The number of nitro groups is 1. The number of rotatable bonds is 1. The number of nitrogens with zero attached hydrogens (tertiary/aromatic N) is 9. The zero-order valence-electron chi connectivity index (χ0n) is 6.83. The predicted octanol–water partition coefficient (Wildman–Crippen LogP) is -1.92. The molecule has 0 saturated carbocycles. The predicted molar refractivity (Wildman–Crippen MR) is 38.5 cm³/mol. The zero-order valence-corrected chi connectivity index (χ0v) is 6.83. The Morgan fingerprint density at radius 2 is 2.20 bits per heavy atom. The summed E-state index contributed by atoms with van der Waals surface area (Å²) < 4.78 is 1.03. The van der Waals surface area contributed by atoms with Gasteiger partial charge in [0.1, 0.15) is 6.33 Å². The van der Waals surface area contributed by atoms with Gasteiger partial charge in [0.25, 0.3) is 0 Å². The van der Waals surface area contributed by atoms with E-state index in [0.717, 1.165) is 6.33 Å². The molecule has 0 aliphatic heterocycles. The molecule has 0 spiro atoms. The smallest absolute Gasteiger partial charge is 0.390 e. The van der Waals surface area contributed by atoms with Gasteiger partial charge in [-0.3, -0.25) is 0 Å². The maximum absolute atomic E-state index is 11.4. The average molecular weight is 211 g/mol. The number of tetrazole rings is 2. The van der Waals surface area contributed by atoms with Gasteiger partial charge in [0, 0.05) is 5.21 Å². The molecule has 0 atom stereocenters. The second-order valence-corrected chi connectivity index (χ2v) is 2.18. The van der Waals surface area contributed by atoms with Gasteiger partial charge in [-0.2, -0.15) is 0 Å². The summed E-state index contributed by atoms with van der Waals surface area (Å²) in [7, 11) is 0. The van der Waals surface area contributed by atoms with Crippen molar-refractivity contribution >= 4 is 12.0 Å². The van der Waals surface area contributed by atoms with Crippen LogP contribution in [0.2, 0.25) is 0 Å². The van der Waals surface area contributed by atoms with Crippen LogP contribution < -0.4 is 0 Å². The number of hydrogen-bond donors (Lipinski definition) is 0. The molecule has 15 heavy (non-hydrogen) atoms. The molecule has 0 amide bonds. The molecule has 0 unspecified atom stereocenters. The molecule has 0 radical (unpaired) electrons. The first kappa shape index (κ1) is 8.79. The van der Waals surface area contributed by atoms with Crippen molar-refractivity contribution in [3.8, 4) is 0 Å². The van der Waals surface area contributed by atoms with Gasteiger partial charge in [0.2, 0.25) is 0 Å². The van der Waals surface area contributed by atoms with Crippen molar-refractivity contribution in [3.05, 3.63) is 16.4 Å². The van der Waals surface area contributed by atoms with E-state index >= 15 is 0 Å². The number of aromatic nitrogens is 8. The minimum absolute atomic E-state index is 0.371. The normalized spacial score (nSPS) is 10.1. The van der Waals surface area contributed by atoms with E-state index in [1.165, 1.54) is 0 Å². The van der Waals surface area contributed by atoms with Crippen LogP contribution in [0.4, 0.5) is 10.7 Å². The summed E-state index contributed by atoms with van der Waals surface area (Å²) >= 11 is 0. The molecular weight excluding hydrogens is 210 g/mol. The monoisotopic (exact) mass is 211 g/mol. The highest BCUT2D eigenvalue weighted by Crippen LogP contribution is 2.02. The van der Waals surface area contributed by atoms with Crippen molar-refractivity contribution in [2.75, 3.05) is 0 Å². The second kappa shape index (κ2) is 3.17. The maximum Gasteiger partial charge on any atom is 0.488 e. The first-order valence-corrected chi connectivity index (χ1v) is 3.40. The molecule has 0 bridgehead atoms. The molecule has 0 N–H and O–H groups in total. The lowest BCUT2D eigenvalue weighted by Crippen LogP contribution is -2.22. The van der Waals surface area contributed by atoms with Crippen molar-refractivity contribution in [1.29, 1.82) is 0 Å². The van der Waals surface area contributed by atoms with E-state index < -0.39 is 16.9 Å². The summed E-state index contributed by atoms with van der Waals surface area (Å²) in [6.45, 7) is 0. The lowest BCUT2D eigenvalue weighted by atomic mass is 10.9. The fourth-order valence-electron chi connectivity index (χ4n) is 0.766. The van der Waals surface area contributed by atoms with Gasteiger partial charge in [-0.15, -0.1) is 9.78 Å². The van der Waals surface area contributed by atoms with E-state index in [0.29, 0.717) is 9.36 Å². The Balaban J connectivity index is 2.42. The van der Waals surface area contributed by atoms with E-state index in [4.69, 9.17) is 0 Å². The molecular formula is C3HN9O3. The Labute approximate surface area is 79.6 Å². The second-order valence-electron chi connectivity index (χ2n) is 2.18. The quantitative estimate of drug-likeness (QED) is 0.299. The van der Waals surface area contributed by atoms with E-state index in [9.17, 15) is 14.9 Å². The summed E-state index contributed by atoms with van der Waals surface area (Å²) in [5, 5.41) is 29.2. The maximum atomic E-state index is 11.4. The van der Waals surface area contributed by atoms with Crippen molar-refractivity contribution in [1.82, 2.24) is 40.4 Å². The molecule has 2 heterocycles. The van der Waals surface area contributed by atoms with Gasteiger partial charge in [-0.25, -0.2) is 4.79 Å². The van der Waals surface area contributed by atoms with Gasteiger partial charge in [-0.1, -0.05) is 0 Å². The van der Waals surface area contributed by atoms with Crippen LogP contribution >= 0.6 is 0 Å². The van der Waals surface area contributed by atoms with Crippen LogP contribution in [0, 0.1) is 10.1 Å². The molecule has 12 heteroatoms. The largest absolute Gasteiger partial charge is 0.488 e. The van der Waals surface area contributed by atoms with E-state index in [2.05, 4.69) is 31.1 Å². The fraction of sp³-hybridized carbons (Fsp3) is 0. The van der Waals surface area contributed by atoms with Gasteiger partial charge in [0.15, 0.2) is 0 Å².